The van der Waals surface area contributed by atoms with E-state index in [2.05, 4.69) is 11.4 Å². The summed E-state index contributed by atoms with van der Waals surface area (Å²) in [4.78, 5) is 26.3. The second-order valence-corrected chi connectivity index (χ2v) is 7.44. The summed E-state index contributed by atoms with van der Waals surface area (Å²) in [5.41, 5.74) is 4.19. The van der Waals surface area contributed by atoms with E-state index in [-0.39, 0.29) is 24.5 Å². The number of amides is 2. The van der Waals surface area contributed by atoms with Crippen molar-refractivity contribution in [3.8, 4) is 5.75 Å². The lowest BCUT2D eigenvalue weighted by Gasteiger charge is -2.33. The molecule has 1 N–H and O–H groups in total. The number of methoxy groups -OCH3 is 1. The molecule has 0 bridgehead atoms. The lowest BCUT2D eigenvalue weighted by atomic mass is 10.1. The lowest BCUT2D eigenvalue weighted by molar-refractivity contribution is -0.129. The standard InChI is InChI=1S/C23H28N2O4/c1-16-10-17(2)12-19(11-16)25-14-21(29-15-23(25)27)13-24-22(26)9-6-18-4-7-20(28-3)8-5-18/h4-5,7-8,10-12,21H,6,9,13-15H2,1-3H3,(H,24,26). The van der Waals surface area contributed by atoms with Crippen molar-refractivity contribution in [2.24, 2.45) is 0 Å². The molecule has 0 aliphatic carbocycles. The van der Waals surface area contributed by atoms with Crippen molar-refractivity contribution in [2.45, 2.75) is 32.8 Å². The zero-order chi connectivity index (χ0) is 20.8. The van der Waals surface area contributed by atoms with Gasteiger partial charge in [0.1, 0.15) is 12.4 Å². The van der Waals surface area contributed by atoms with Crippen LogP contribution in [0.5, 0.6) is 5.75 Å². The van der Waals surface area contributed by atoms with Gasteiger partial charge >= 0.3 is 0 Å². The number of morpholine rings is 1. The molecule has 154 valence electrons. The lowest BCUT2D eigenvalue weighted by Crippen LogP contribution is -2.50. The van der Waals surface area contributed by atoms with Gasteiger partial charge in [-0.2, -0.15) is 0 Å². The van der Waals surface area contributed by atoms with Crippen LogP contribution in [0.1, 0.15) is 23.1 Å². The summed E-state index contributed by atoms with van der Waals surface area (Å²) in [5.74, 6) is 0.715. The number of carbonyl (C=O) groups is 2. The van der Waals surface area contributed by atoms with E-state index in [1.165, 1.54) is 0 Å². The molecule has 1 aliphatic rings. The Balaban J connectivity index is 1.49. The molecule has 1 unspecified atom stereocenters. The van der Waals surface area contributed by atoms with Crippen molar-refractivity contribution in [1.29, 1.82) is 0 Å². The highest BCUT2D eigenvalue weighted by molar-refractivity contribution is 5.95. The fourth-order valence-electron chi connectivity index (χ4n) is 3.47. The number of hydrogen-bond donors (Lipinski definition) is 1. The second-order valence-electron chi connectivity index (χ2n) is 7.44. The fourth-order valence-corrected chi connectivity index (χ4v) is 3.47. The highest BCUT2D eigenvalue weighted by atomic mass is 16.5. The van der Waals surface area contributed by atoms with Crippen molar-refractivity contribution in [2.75, 3.05) is 31.7 Å². The largest absolute Gasteiger partial charge is 0.497 e. The number of anilines is 1. The Morgan fingerprint density at radius 3 is 2.52 bits per heavy atom. The molecular weight excluding hydrogens is 368 g/mol. The minimum absolute atomic E-state index is 0.0272. The maximum Gasteiger partial charge on any atom is 0.253 e. The quantitative estimate of drug-likeness (QED) is 0.782. The predicted octanol–water partition coefficient (Wildman–Crippen LogP) is 2.79. The predicted molar refractivity (Wildman–Crippen MR) is 112 cm³/mol. The maximum atomic E-state index is 12.3. The van der Waals surface area contributed by atoms with E-state index < -0.39 is 0 Å². The third-order valence-electron chi connectivity index (χ3n) is 4.97. The van der Waals surface area contributed by atoms with Crippen LogP contribution in [0.25, 0.3) is 0 Å². The summed E-state index contributed by atoms with van der Waals surface area (Å²) >= 11 is 0. The third-order valence-corrected chi connectivity index (χ3v) is 4.97. The van der Waals surface area contributed by atoms with Crippen molar-refractivity contribution >= 4 is 17.5 Å². The van der Waals surface area contributed by atoms with Crippen molar-refractivity contribution < 1.29 is 19.1 Å². The Bertz CT molecular complexity index is 843. The van der Waals surface area contributed by atoms with Crippen molar-refractivity contribution in [3.05, 3.63) is 59.2 Å². The zero-order valence-electron chi connectivity index (χ0n) is 17.2. The first-order chi connectivity index (χ1) is 13.9. The van der Waals surface area contributed by atoms with E-state index in [1.54, 1.807) is 12.0 Å². The zero-order valence-corrected chi connectivity index (χ0v) is 17.2. The summed E-state index contributed by atoms with van der Waals surface area (Å²) in [6, 6.07) is 13.8. The first kappa shape index (κ1) is 20.9. The first-order valence-corrected chi connectivity index (χ1v) is 9.84. The van der Waals surface area contributed by atoms with E-state index in [9.17, 15) is 9.59 Å². The Morgan fingerprint density at radius 2 is 1.86 bits per heavy atom. The molecular formula is C23H28N2O4. The number of nitrogens with one attached hydrogen (secondary N) is 1. The first-order valence-electron chi connectivity index (χ1n) is 9.84. The van der Waals surface area contributed by atoms with Crippen molar-refractivity contribution in [3.63, 3.8) is 0 Å². The van der Waals surface area contributed by atoms with Crippen LogP contribution in [0.3, 0.4) is 0 Å². The number of ether oxygens (including phenoxy) is 2. The Hall–Kier alpha value is -2.86. The molecule has 1 aliphatic heterocycles. The van der Waals surface area contributed by atoms with Crippen LogP contribution in [0.15, 0.2) is 42.5 Å². The molecule has 3 rings (SSSR count). The van der Waals surface area contributed by atoms with Gasteiger partial charge in [0.25, 0.3) is 5.91 Å². The van der Waals surface area contributed by atoms with Gasteiger partial charge in [-0.15, -0.1) is 0 Å². The molecule has 2 aromatic rings. The van der Waals surface area contributed by atoms with Crippen molar-refractivity contribution in [1.82, 2.24) is 5.32 Å². The molecule has 6 nitrogen and oxygen atoms in total. The monoisotopic (exact) mass is 396 g/mol. The molecule has 0 spiro atoms. The van der Waals surface area contributed by atoms with Gasteiger partial charge in [-0.05, 0) is 61.2 Å². The molecule has 0 aromatic heterocycles. The van der Waals surface area contributed by atoms with Gasteiger partial charge < -0.3 is 19.7 Å². The number of hydrogen-bond acceptors (Lipinski definition) is 4. The number of carbonyl (C=O) groups excluding carboxylic acids is 2. The Kier molecular flexibility index (Phi) is 6.88. The minimum Gasteiger partial charge on any atom is -0.497 e. The van der Waals surface area contributed by atoms with Crippen LogP contribution in [-0.4, -0.2) is 44.7 Å². The summed E-state index contributed by atoms with van der Waals surface area (Å²) in [7, 11) is 1.63. The second kappa shape index (κ2) is 9.56. The van der Waals surface area contributed by atoms with Gasteiger partial charge in [-0.3, -0.25) is 9.59 Å². The summed E-state index contributed by atoms with van der Waals surface area (Å²) in [5, 5.41) is 2.93. The molecule has 1 saturated heterocycles. The minimum atomic E-state index is -0.224. The molecule has 29 heavy (non-hydrogen) atoms. The van der Waals surface area contributed by atoms with Gasteiger partial charge in [0.05, 0.1) is 19.8 Å². The van der Waals surface area contributed by atoms with E-state index in [1.807, 2.05) is 50.2 Å². The van der Waals surface area contributed by atoms with Crippen LogP contribution in [0.4, 0.5) is 5.69 Å². The highest BCUT2D eigenvalue weighted by Gasteiger charge is 2.27. The summed E-state index contributed by atoms with van der Waals surface area (Å²) < 4.78 is 10.8. The molecule has 1 heterocycles. The summed E-state index contributed by atoms with van der Waals surface area (Å²) in [6.45, 7) is 4.87. The van der Waals surface area contributed by atoms with E-state index in [0.29, 0.717) is 25.9 Å². The van der Waals surface area contributed by atoms with E-state index in [0.717, 1.165) is 28.1 Å². The molecule has 2 amide bonds. The van der Waals surface area contributed by atoms with Crippen LogP contribution in [0, 0.1) is 13.8 Å². The van der Waals surface area contributed by atoms with Gasteiger partial charge in [-0.1, -0.05) is 18.2 Å². The van der Waals surface area contributed by atoms with Gasteiger partial charge in [0.15, 0.2) is 0 Å². The molecule has 2 aromatic carbocycles. The van der Waals surface area contributed by atoms with E-state index >= 15 is 0 Å². The SMILES string of the molecule is COc1ccc(CCC(=O)NCC2CN(c3cc(C)cc(C)c3)C(=O)CO2)cc1. The Morgan fingerprint density at radius 1 is 1.17 bits per heavy atom. The molecule has 1 atom stereocenters. The van der Waals surface area contributed by atoms with Gasteiger partial charge in [0, 0.05) is 18.7 Å². The van der Waals surface area contributed by atoms with E-state index in [4.69, 9.17) is 9.47 Å². The van der Waals surface area contributed by atoms with Crippen LogP contribution >= 0.6 is 0 Å². The molecule has 1 fully saturated rings. The topological polar surface area (TPSA) is 67.9 Å². The molecule has 0 radical (unpaired) electrons. The number of benzene rings is 2. The van der Waals surface area contributed by atoms with Gasteiger partial charge in [0.2, 0.25) is 5.91 Å². The van der Waals surface area contributed by atoms with Gasteiger partial charge in [-0.25, -0.2) is 0 Å². The fraction of sp³-hybridized carbons (Fsp3) is 0.391. The van der Waals surface area contributed by atoms with Crippen LogP contribution in [0.2, 0.25) is 0 Å². The van der Waals surface area contributed by atoms with Crippen LogP contribution < -0.4 is 15.0 Å². The number of rotatable bonds is 7. The number of aryl methyl sites for hydroxylation is 3. The highest BCUT2D eigenvalue weighted by Crippen LogP contribution is 2.22. The molecule has 6 heteroatoms. The maximum absolute atomic E-state index is 12.3. The molecule has 0 saturated carbocycles. The average molecular weight is 396 g/mol. The summed E-state index contributed by atoms with van der Waals surface area (Å²) in [6.07, 6.45) is 0.839. The smallest absolute Gasteiger partial charge is 0.253 e. The van der Waals surface area contributed by atoms with Crippen LogP contribution in [-0.2, 0) is 20.7 Å². The Labute approximate surface area is 171 Å². The number of nitrogens with zero attached hydrogens (tertiary/aromatic N) is 1. The third kappa shape index (κ3) is 5.81. The average Bonchev–Trinajstić information content (AvgIpc) is 2.71. The normalized spacial score (nSPS) is 16.6.